The highest BCUT2D eigenvalue weighted by atomic mass is 32.2. The first-order valence-corrected chi connectivity index (χ1v) is 5.51. The van der Waals surface area contributed by atoms with E-state index in [4.69, 9.17) is 0 Å². The molecule has 2 atom stereocenters. The molecular formula is C10H11FO3S. The number of hydrogen-bond acceptors (Lipinski definition) is 3. The Morgan fingerprint density at radius 1 is 1.53 bits per heavy atom. The van der Waals surface area contributed by atoms with E-state index in [2.05, 4.69) is 4.74 Å². The Bertz CT molecular complexity index is 392. The van der Waals surface area contributed by atoms with Crippen LogP contribution in [0.25, 0.3) is 0 Å². The maximum Gasteiger partial charge on any atom is 0.321 e. The highest BCUT2D eigenvalue weighted by Crippen LogP contribution is 2.13. The lowest BCUT2D eigenvalue weighted by Gasteiger charge is -2.08. The van der Waals surface area contributed by atoms with Gasteiger partial charge in [-0.2, -0.15) is 0 Å². The van der Waals surface area contributed by atoms with Crippen molar-refractivity contribution < 1.29 is 18.1 Å². The van der Waals surface area contributed by atoms with Gasteiger partial charge in [0.1, 0.15) is 11.1 Å². The summed E-state index contributed by atoms with van der Waals surface area (Å²) in [6, 6.07) is 5.37. The summed E-state index contributed by atoms with van der Waals surface area (Å²) in [5.41, 5.74) is 0. The molecule has 0 amide bonds. The Hall–Kier alpha value is -1.23. The summed E-state index contributed by atoms with van der Waals surface area (Å²) in [4.78, 5) is 11.4. The number of carbonyl (C=O) groups is 1. The topological polar surface area (TPSA) is 43.4 Å². The Morgan fingerprint density at radius 3 is 2.73 bits per heavy atom. The van der Waals surface area contributed by atoms with Crippen LogP contribution in [0.3, 0.4) is 0 Å². The Kier molecular flexibility index (Phi) is 3.96. The molecule has 82 valence electrons. The molecule has 2 unspecified atom stereocenters. The van der Waals surface area contributed by atoms with Gasteiger partial charge >= 0.3 is 5.97 Å². The SMILES string of the molecule is COC(=O)C(C)S(=O)c1cccc(F)c1. The second-order valence-electron chi connectivity index (χ2n) is 2.92. The van der Waals surface area contributed by atoms with Crippen LogP contribution in [0, 0.1) is 5.82 Å². The molecule has 0 bridgehead atoms. The van der Waals surface area contributed by atoms with E-state index in [0.717, 1.165) is 6.07 Å². The van der Waals surface area contributed by atoms with E-state index in [-0.39, 0.29) is 4.90 Å². The summed E-state index contributed by atoms with van der Waals surface area (Å²) in [5, 5.41) is -0.795. The molecule has 15 heavy (non-hydrogen) atoms. The largest absolute Gasteiger partial charge is 0.468 e. The van der Waals surface area contributed by atoms with Gasteiger partial charge in [-0.15, -0.1) is 0 Å². The highest BCUT2D eigenvalue weighted by Gasteiger charge is 2.22. The van der Waals surface area contributed by atoms with Crippen LogP contribution >= 0.6 is 0 Å². The Labute approximate surface area is 89.7 Å². The lowest BCUT2D eigenvalue weighted by molar-refractivity contribution is -0.139. The maximum absolute atomic E-state index is 12.8. The maximum atomic E-state index is 12.8. The molecule has 0 heterocycles. The molecule has 0 saturated heterocycles. The van der Waals surface area contributed by atoms with Crippen LogP contribution in [0.5, 0.6) is 0 Å². The van der Waals surface area contributed by atoms with Crippen LogP contribution < -0.4 is 0 Å². The minimum absolute atomic E-state index is 0.285. The molecular weight excluding hydrogens is 219 g/mol. The smallest absolute Gasteiger partial charge is 0.321 e. The lowest BCUT2D eigenvalue weighted by Crippen LogP contribution is -2.23. The quantitative estimate of drug-likeness (QED) is 0.739. The summed E-state index contributed by atoms with van der Waals surface area (Å²) >= 11 is 0. The fourth-order valence-electron chi connectivity index (χ4n) is 1.05. The van der Waals surface area contributed by atoms with E-state index < -0.39 is 27.8 Å². The third-order valence-corrected chi connectivity index (χ3v) is 3.44. The average Bonchev–Trinajstić information content (AvgIpc) is 2.26. The number of halogens is 1. The fraction of sp³-hybridized carbons (Fsp3) is 0.300. The van der Waals surface area contributed by atoms with Gasteiger partial charge in [0.2, 0.25) is 0 Å². The van der Waals surface area contributed by atoms with Crippen molar-refractivity contribution in [2.45, 2.75) is 17.1 Å². The molecule has 1 aromatic rings. The van der Waals surface area contributed by atoms with Crippen molar-refractivity contribution in [2.75, 3.05) is 7.11 Å². The minimum Gasteiger partial charge on any atom is -0.468 e. The molecule has 0 aliphatic heterocycles. The lowest BCUT2D eigenvalue weighted by atomic mass is 10.3. The van der Waals surface area contributed by atoms with Crippen molar-refractivity contribution >= 4 is 16.8 Å². The minimum atomic E-state index is -1.58. The molecule has 1 aromatic carbocycles. The number of benzene rings is 1. The van der Waals surface area contributed by atoms with Gasteiger partial charge in [-0.1, -0.05) is 6.07 Å². The summed E-state index contributed by atoms with van der Waals surface area (Å²) in [6.07, 6.45) is 0. The predicted molar refractivity (Wildman–Crippen MR) is 54.3 cm³/mol. The average molecular weight is 230 g/mol. The van der Waals surface area contributed by atoms with Gasteiger partial charge in [0.05, 0.1) is 17.9 Å². The second-order valence-corrected chi connectivity index (χ2v) is 4.69. The number of hydrogen-bond donors (Lipinski definition) is 0. The number of methoxy groups -OCH3 is 1. The van der Waals surface area contributed by atoms with Crippen molar-refractivity contribution in [3.8, 4) is 0 Å². The zero-order valence-electron chi connectivity index (χ0n) is 8.40. The molecule has 0 N–H and O–H groups in total. The number of carbonyl (C=O) groups excluding carboxylic acids is 1. The van der Waals surface area contributed by atoms with Gasteiger partial charge in [0, 0.05) is 4.90 Å². The van der Waals surface area contributed by atoms with E-state index in [1.807, 2.05) is 0 Å². The molecule has 0 saturated carbocycles. The van der Waals surface area contributed by atoms with Crippen LogP contribution in [0.2, 0.25) is 0 Å². The van der Waals surface area contributed by atoms with E-state index in [1.54, 1.807) is 0 Å². The zero-order valence-corrected chi connectivity index (χ0v) is 9.21. The van der Waals surface area contributed by atoms with E-state index in [0.29, 0.717) is 0 Å². The van der Waals surface area contributed by atoms with Crippen LogP contribution in [0.1, 0.15) is 6.92 Å². The van der Waals surface area contributed by atoms with Gasteiger partial charge in [-0.25, -0.2) is 4.39 Å². The van der Waals surface area contributed by atoms with Crippen LogP contribution in [0.15, 0.2) is 29.2 Å². The van der Waals surface area contributed by atoms with Crippen LogP contribution in [-0.2, 0) is 20.3 Å². The summed E-state index contributed by atoms with van der Waals surface area (Å²) in [5.74, 6) is -1.05. The predicted octanol–water partition coefficient (Wildman–Crippen LogP) is 1.49. The third kappa shape index (κ3) is 2.86. The number of rotatable bonds is 3. The summed E-state index contributed by atoms with van der Waals surface area (Å²) in [6.45, 7) is 1.48. The van der Waals surface area contributed by atoms with Crippen molar-refractivity contribution in [3.63, 3.8) is 0 Å². The Morgan fingerprint density at radius 2 is 2.20 bits per heavy atom. The zero-order chi connectivity index (χ0) is 11.4. The van der Waals surface area contributed by atoms with Gasteiger partial charge < -0.3 is 4.74 Å². The molecule has 0 aliphatic carbocycles. The molecule has 0 aliphatic rings. The summed E-state index contributed by atoms with van der Waals surface area (Å²) in [7, 11) is -0.359. The van der Waals surface area contributed by atoms with Gasteiger partial charge in [-0.05, 0) is 25.1 Å². The first kappa shape index (κ1) is 11.8. The monoisotopic (exact) mass is 230 g/mol. The molecule has 0 aromatic heterocycles. The molecule has 0 radical (unpaired) electrons. The third-order valence-electron chi connectivity index (χ3n) is 1.88. The van der Waals surface area contributed by atoms with Gasteiger partial charge in [0.15, 0.2) is 0 Å². The van der Waals surface area contributed by atoms with Gasteiger partial charge in [0.25, 0.3) is 0 Å². The first-order valence-electron chi connectivity index (χ1n) is 4.30. The normalized spacial score (nSPS) is 14.3. The number of ether oxygens (including phenoxy) is 1. The van der Waals surface area contributed by atoms with E-state index >= 15 is 0 Å². The Balaban J connectivity index is 2.90. The van der Waals surface area contributed by atoms with E-state index in [9.17, 15) is 13.4 Å². The fourth-order valence-corrected chi connectivity index (χ4v) is 2.17. The first-order chi connectivity index (χ1) is 7.06. The molecule has 0 spiro atoms. The molecule has 0 fully saturated rings. The van der Waals surface area contributed by atoms with Crippen LogP contribution in [0.4, 0.5) is 4.39 Å². The van der Waals surface area contributed by atoms with Crippen molar-refractivity contribution in [1.29, 1.82) is 0 Å². The van der Waals surface area contributed by atoms with Crippen molar-refractivity contribution in [1.82, 2.24) is 0 Å². The van der Waals surface area contributed by atoms with Crippen LogP contribution in [-0.4, -0.2) is 22.5 Å². The second kappa shape index (κ2) is 5.02. The van der Waals surface area contributed by atoms with Crippen molar-refractivity contribution in [2.24, 2.45) is 0 Å². The molecule has 5 heteroatoms. The molecule has 3 nitrogen and oxygen atoms in total. The molecule has 1 rings (SSSR count). The van der Waals surface area contributed by atoms with Gasteiger partial charge in [-0.3, -0.25) is 9.00 Å². The standard InChI is InChI=1S/C10H11FO3S/c1-7(10(12)14-2)15(13)9-5-3-4-8(11)6-9/h3-7H,1-2H3. The van der Waals surface area contributed by atoms with E-state index in [1.165, 1.54) is 32.2 Å². The van der Waals surface area contributed by atoms with Crippen molar-refractivity contribution in [3.05, 3.63) is 30.1 Å². The highest BCUT2D eigenvalue weighted by molar-refractivity contribution is 7.86. The summed E-state index contributed by atoms with van der Waals surface area (Å²) < 4.78 is 29.0. The number of esters is 1.